The lowest BCUT2D eigenvalue weighted by Crippen LogP contribution is -2.40. The molecule has 1 amide bonds. The number of fused-ring (bicyclic) bond motifs is 2. The molecule has 1 saturated heterocycles. The molecule has 1 aliphatic heterocycles. The van der Waals surface area contributed by atoms with Crippen molar-refractivity contribution >= 4 is 15.9 Å². The summed E-state index contributed by atoms with van der Waals surface area (Å²) in [6, 6.07) is 5.12. The molecule has 166 valence electrons. The summed E-state index contributed by atoms with van der Waals surface area (Å²) in [6.07, 6.45) is 5.58. The maximum Gasteiger partial charge on any atom is 0.270 e. The van der Waals surface area contributed by atoms with Crippen LogP contribution in [0.4, 0.5) is 0 Å². The monoisotopic (exact) mass is 444 g/mol. The van der Waals surface area contributed by atoms with E-state index >= 15 is 0 Å². The van der Waals surface area contributed by atoms with Crippen LogP contribution in [0.1, 0.15) is 58.2 Å². The Kier molecular flexibility index (Phi) is 5.35. The van der Waals surface area contributed by atoms with Crippen molar-refractivity contribution in [2.24, 2.45) is 7.05 Å². The van der Waals surface area contributed by atoms with Gasteiger partial charge in [-0.25, -0.2) is 8.42 Å². The van der Waals surface area contributed by atoms with Gasteiger partial charge in [0.2, 0.25) is 10.0 Å². The van der Waals surface area contributed by atoms with Crippen molar-refractivity contribution in [1.29, 1.82) is 0 Å². The lowest BCUT2D eigenvalue weighted by molar-refractivity contribution is 0.0730. The Labute approximate surface area is 182 Å². The minimum atomic E-state index is -3.57. The number of hydrogen-bond donors (Lipinski definition) is 1. The fourth-order valence-electron chi connectivity index (χ4n) is 5.02. The van der Waals surface area contributed by atoms with Crippen LogP contribution >= 0.6 is 0 Å². The number of carbonyl (C=O) groups is 1. The Morgan fingerprint density at radius 1 is 1.16 bits per heavy atom. The predicted molar refractivity (Wildman–Crippen MR) is 114 cm³/mol. The molecule has 2 aliphatic carbocycles. The SMILES string of the molecule is Cn1nc2c(c1C(=O)NC1CCc3ccc(S(=O)(=O)N4CCOCC4)cc31)CCCC2. The molecular weight excluding hydrogens is 416 g/mol. The van der Waals surface area contributed by atoms with Gasteiger partial charge in [-0.1, -0.05) is 6.07 Å². The van der Waals surface area contributed by atoms with E-state index in [1.165, 1.54) is 4.31 Å². The van der Waals surface area contributed by atoms with Crippen LogP contribution in [-0.2, 0) is 41.1 Å². The third-order valence-corrected chi connectivity index (χ3v) is 8.54. The first-order valence-electron chi connectivity index (χ1n) is 11.0. The van der Waals surface area contributed by atoms with Crippen LogP contribution in [0, 0.1) is 0 Å². The summed E-state index contributed by atoms with van der Waals surface area (Å²) >= 11 is 0. The van der Waals surface area contributed by atoms with Crippen LogP contribution < -0.4 is 5.32 Å². The van der Waals surface area contributed by atoms with E-state index in [-0.39, 0.29) is 16.8 Å². The molecule has 9 heteroatoms. The van der Waals surface area contributed by atoms with E-state index < -0.39 is 10.0 Å². The molecule has 0 bridgehead atoms. The molecule has 2 heterocycles. The van der Waals surface area contributed by atoms with Crippen molar-refractivity contribution in [2.45, 2.75) is 49.5 Å². The van der Waals surface area contributed by atoms with Crippen molar-refractivity contribution in [3.63, 3.8) is 0 Å². The molecular formula is C22H28N4O4S. The zero-order valence-electron chi connectivity index (χ0n) is 17.8. The number of rotatable bonds is 4. The largest absolute Gasteiger partial charge is 0.379 e. The highest BCUT2D eigenvalue weighted by Gasteiger charge is 2.32. The highest BCUT2D eigenvalue weighted by molar-refractivity contribution is 7.89. The summed E-state index contributed by atoms with van der Waals surface area (Å²) in [5, 5.41) is 7.71. The van der Waals surface area contributed by atoms with Gasteiger partial charge >= 0.3 is 0 Å². The van der Waals surface area contributed by atoms with Crippen molar-refractivity contribution in [2.75, 3.05) is 26.3 Å². The van der Waals surface area contributed by atoms with Crippen LogP contribution in [0.5, 0.6) is 0 Å². The van der Waals surface area contributed by atoms with Gasteiger partial charge in [0, 0.05) is 25.7 Å². The van der Waals surface area contributed by atoms with Crippen molar-refractivity contribution in [1.82, 2.24) is 19.4 Å². The average Bonchev–Trinajstić information content (AvgIpc) is 3.33. The zero-order chi connectivity index (χ0) is 21.6. The highest BCUT2D eigenvalue weighted by atomic mass is 32.2. The maximum absolute atomic E-state index is 13.2. The number of ether oxygens (including phenoxy) is 1. The molecule has 1 N–H and O–H groups in total. The minimum Gasteiger partial charge on any atom is -0.379 e. The second kappa shape index (κ2) is 8.03. The van der Waals surface area contributed by atoms with E-state index in [0.29, 0.717) is 32.0 Å². The molecule has 1 aromatic heterocycles. The fraction of sp³-hybridized carbons (Fsp3) is 0.545. The van der Waals surface area contributed by atoms with Crippen molar-refractivity contribution in [3.05, 3.63) is 46.3 Å². The summed E-state index contributed by atoms with van der Waals surface area (Å²) in [6.45, 7) is 1.56. The first-order valence-corrected chi connectivity index (χ1v) is 12.5. The number of sulfonamides is 1. The van der Waals surface area contributed by atoms with E-state index in [1.807, 2.05) is 13.1 Å². The van der Waals surface area contributed by atoms with Crippen molar-refractivity contribution < 1.29 is 17.9 Å². The number of aromatic nitrogens is 2. The maximum atomic E-state index is 13.2. The number of morpholine rings is 1. The van der Waals surface area contributed by atoms with Gasteiger partial charge in [-0.15, -0.1) is 0 Å². The number of aryl methyl sites for hydroxylation is 3. The van der Waals surface area contributed by atoms with Gasteiger partial charge in [-0.2, -0.15) is 9.40 Å². The molecule has 0 spiro atoms. The summed E-state index contributed by atoms with van der Waals surface area (Å²) in [5.74, 6) is -0.127. The lowest BCUT2D eigenvalue weighted by atomic mass is 9.95. The number of nitrogens with one attached hydrogen (secondary N) is 1. The summed E-state index contributed by atoms with van der Waals surface area (Å²) < 4.78 is 34.6. The van der Waals surface area contributed by atoms with Gasteiger partial charge < -0.3 is 10.1 Å². The van der Waals surface area contributed by atoms with Gasteiger partial charge in [0.05, 0.1) is 29.8 Å². The Morgan fingerprint density at radius 2 is 1.94 bits per heavy atom. The Morgan fingerprint density at radius 3 is 2.74 bits per heavy atom. The topological polar surface area (TPSA) is 93.5 Å². The van der Waals surface area contributed by atoms with E-state index in [4.69, 9.17) is 4.74 Å². The van der Waals surface area contributed by atoms with Crippen LogP contribution in [0.25, 0.3) is 0 Å². The molecule has 5 rings (SSSR count). The minimum absolute atomic E-state index is 0.127. The molecule has 8 nitrogen and oxygen atoms in total. The third-order valence-electron chi connectivity index (χ3n) is 6.64. The highest BCUT2D eigenvalue weighted by Crippen LogP contribution is 2.34. The molecule has 1 atom stereocenters. The fourth-order valence-corrected chi connectivity index (χ4v) is 6.46. The van der Waals surface area contributed by atoms with Crippen LogP contribution in [0.3, 0.4) is 0 Å². The standard InChI is InChI=1S/C22H28N4O4S/c1-25-21(17-4-2-3-5-20(17)24-25)22(27)23-19-9-7-15-6-8-16(14-18(15)19)31(28,29)26-10-12-30-13-11-26/h6,8,14,19H,2-5,7,9-13H2,1H3,(H,23,27). The van der Waals surface area contributed by atoms with Gasteiger partial charge in [-0.3, -0.25) is 9.48 Å². The molecule has 0 radical (unpaired) electrons. The predicted octanol–water partition coefficient (Wildman–Crippen LogP) is 1.74. The molecule has 1 unspecified atom stereocenters. The van der Waals surface area contributed by atoms with Gasteiger partial charge in [0.15, 0.2) is 0 Å². The number of carbonyl (C=O) groups excluding carboxylic acids is 1. The second-order valence-electron chi connectivity index (χ2n) is 8.55. The van der Waals surface area contributed by atoms with Gasteiger partial charge in [0.1, 0.15) is 5.69 Å². The summed E-state index contributed by atoms with van der Waals surface area (Å²) in [5.41, 5.74) is 4.73. The van der Waals surface area contributed by atoms with E-state index in [1.54, 1.807) is 16.8 Å². The normalized spacial score (nSPS) is 21.5. The van der Waals surface area contributed by atoms with Crippen LogP contribution in [0.15, 0.2) is 23.1 Å². The average molecular weight is 445 g/mol. The summed E-state index contributed by atoms with van der Waals surface area (Å²) in [4.78, 5) is 13.5. The van der Waals surface area contributed by atoms with Crippen LogP contribution in [-0.4, -0.2) is 54.7 Å². The van der Waals surface area contributed by atoms with E-state index in [2.05, 4.69) is 10.4 Å². The van der Waals surface area contributed by atoms with Gasteiger partial charge in [-0.05, 0) is 61.8 Å². The van der Waals surface area contributed by atoms with Crippen molar-refractivity contribution in [3.8, 4) is 0 Å². The second-order valence-corrected chi connectivity index (χ2v) is 10.5. The molecule has 1 aromatic carbocycles. The smallest absolute Gasteiger partial charge is 0.270 e. The first-order chi connectivity index (χ1) is 14.9. The van der Waals surface area contributed by atoms with E-state index in [0.717, 1.165) is 60.9 Å². The van der Waals surface area contributed by atoms with E-state index in [9.17, 15) is 13.2 Å². The third kappa shape index (κ3) is 3.68. The number of benzene rings is 1. The zero-order valence-corrected chi connectivity index (χ0v) is 18.6. The molecule has 2 aromatic rings. The molecule has 3 aliphatic rings. The quantitative estimate of drug-likeness (QED) is 0.775. The molecule has 1 fully saturated rings. The summed E-state index contributed by atoms with van der Waals surface area (Å²) in [7, 11) is -1.75. The Hall–Kier alpha value is -2.23. The first kappa shape index (κ1) is 20.7. The lowest BCUT2D eigenvalue weighted by Gasteiger charge is -2.26. The Balaban J connectivity index is 1.40. The Bertz CT molecular complexity index is 1120. The van der Waals surface area contributed by atoms with Crippen LogP contribution in [0.2, 0.25) is 0 Å². The molecule has 0 saturated carbocycles. The number of hydrogen-bond acceptors (Lipinski definition) is 5. The van der Waals surface area contributed by atoms with Gasteiger partial charge in [0.25, 0.3) is 5.91 Å². The number of nitrogens with zero attached hydrogens (tertiary/aromatic N) is 3. The number of amides is 1. The molecule has 31 heavy (non-hydrogen) atoms.